The Labute approximate surface area is 142 Å². The van der Waals surface area contributed by atoms with Crippen molar-refractivity contribution in [3.8, 4) is 0 Å². The summed E-state index contributed by atoms with van der Waals surface area (Å²) in [5.74, 6) is 1.06. The van der Waals surface area contributed by atoms with Crippen LogP contribution in [0.5, 0.6) is 0 Å². The maximum atomic E-state index is 12.2. The molecule has 2 aromatic rings. The highest BCUT2D eigenvalue weighted by Gasteiger charge is 2.18. The molecular formula is C18H24N4O2. The molecule has 0 atom stereocenters. The van der Waals surface area contributed by atoms with Gasteiger partial charge in [-0.05, 0) is 24.8 Å². The molecule has 2 aromatic heterocycles. The van der Waals surface area contributed by atoms with Crippen molar-refractivity contribution in [3.63, 3.8) is 0 Å². The SMILES string of the molecule is CC(C)Cn1cc(C(=O)OCc2cccnc2N2CCCC2)cn1. The van der Waals surface area contributed by atoms with E-state index in [1.165, 1.54) is 12.8 Å². The van der Waals surface area contributed by atoms with Crippen LogP contribution < -0.4 is 4.90 Å². The van der Waals surface area contributed by atoms with Crippen molar-refractivity contribution in [1.82, 2.24) is 14.8 Å². The lowest BCUT2D eigenvalue weighted by molar-refractivity contribution is 0.0473. The Hall–Kier alpha value is -2.37. The number of pyridine rings is 1. The topological polar surface area (TPSA) is 60.3 Å². The van der Waals surface area contributed by atoms with E-state index in [0.29, 0.717) is 11.5 Å². The van der Waals surface area contributed by atoms with Gasteiger partial charge in [-0.1, -0.05) is 19.9 Å². The number of hydrogen-bond acceptors (Lipinski definition) is 5. The zero-order valence-electron chi connectivity index (χ0n) is 14.3. The second kappa shape index (κ2) is 7.47. The summed E-state index contributed by atoms with van der Waals surface area (Å²) in [5.41, 5.74) is 1.43. The second-order valence-corrected chi connectivity index (χ2v) is 6.60. The van der Waals surface area contributed by atoms with Crippen LogP contribution in [0, 0.1) is 5.92 Å². The van der Waals surface area contributed by atoms with E-state index in [9.17, 15) is 4.79 Å². The molecule has 1 fully saturated rings. The van der Waals surface area contributed by atoms with Gasteiger partial charge >= 0.3 is 5.97 Å². The summed E-state index contributed by atoms with van der Waals surface area (Å²) in [5, 5.41) is 4.21. The molecule has 0 amide bonds. The fourth-order valence-electron chi connectivity index (χ4n) is 2.93. The molecule has 128 valence electrons. The van der Waals surface area contributed by atoms with Crippen LogP contribution in [0.2, 0.25) is 0 Å². The number of anilines is 1. The summed E-state index contributed by atoms with van der Waals surface area (Å²) < 4.78 is 7.25. The Bertz CT molecular complexity index is 690. The maximum Gasteiger partial charge on any atom is 0.341 e. The van der Waals surface area contributed by atoms with Crippen LogP contribution in [0.15, 0.2) is 30.7 Å². The Morgan fingerprint density at radius 1 is 1.33 bits per heavy atom. The quantitative estimate of drug-likeness (QED) is 0.763. The van der Waals surface area contributed by atoms with Gasteiger partial charge in [0.2, 0.25) is 0 Å². The van der Waals surface area contributed by atoms with Crippen molar-refractivity contribution >= 4 is 11.8 Å². The number of carbonyl (C=O) groups is 1. The third-order valence-electron chi connectivity index (χ3n) is 4.05. The predicted octanol–water partition coefficient (Wildman–Crippen LogP) is 2.89. The number of aromatic nitrogens is 3. The summed E-state index contributed by atoms with van der Waals surface area (Å²) in [6, 6.07) is 3.85. The second-order valence-electron chi connectivity index (χ2n) is 6.60. The minimum atomic E-state index is -0.346. The van der Waals surface area contributed by atoms with Gasteiger partial charge in [0.15, 0.2) is 0 Å². The minimum absolute atomic E-state index is 0.230. The fourth-order valence-corrected chi connectivity index (χ4v) is 2.93. The third-order valence-corrected chi connectivity index (χ3v) is 4.05. The molecule has 0 spiro atoms. The normalized spacial score (nSPS) is 14.4. The average molecular weight is 328 g/mol. The molecule has 0 N–H and O–H groups in total. The summed E-state index contributed by atoms with van der Waals surface area (Å²) >= 11 is 0. The van der Waals surface area contributed by atoms with Gasteiger partial charge in [-0.15, -0.1) is 0 Å². The molecule has 1 saturated heterocycles. The van der Waals surface area contributed by atoms with Crippen LogP contribution in [-0.2, 0) is 17.9 Å². The summed E-state index contributed by atoms with van der Waals surface area (Å²) in [6.45, 7) is 7.27. The minimum Gasteiger partial charge on any atom is -0.457 e. The van der Waals surface area contributed by atoms with Gasteiger partial charge in [0.25, 0.3) is 0 Å². The zero-order chi connectivity index (χ0) is 16.9. The third kappa shape index (κ3) is 3.93. The molecule has 0 radical (unpaired) electrons. The molecule has 0 aliphatic carbocycles. The molecule has 0 bridgehead atoms. The molecule has 3 heterocycles. The average Bonchev–Trinajstić information content (AvgIpc) is 3.24. The van der Waals surface area contributed by atoms with E-state index in [2.05, 4.69) is 28.8 Å². The summed E-state index contributed by atoms with van der Waals surface area (Å²) in [7, 11) is 0. The fraction of sp³-hybridized carbons (Fsp3) is 0.500. The maximum absolute atomic E-state index is 12.2. The van der Waals surface area contributed by atoms with Gasteiger partial charge in [-0.25, -0.2) is 9.78 Å². The highest BCUT2D eigenvalue weighted by molar-refractivity contribution is 5.88. The Kier molecular flexibility index (Phi) is 5.13. The Morgan fingerprint density at radius 2 is 2.12 bits per heavy atom. The molecule has 24 heavy (non-hydrogen) atoms. The lowest BCUT2D eigenvalue weighted by Crippen LogP contribution is -2.21. The van der Waals surface area contributed by atoms with E-state index in [1.54, 1.807) is 23.3 Å². The monoisotopic (exact) mass is 328 g/mol. The van der Waals surface area contributed by atoms with Gasteiger partial charge in [0.1, 0.15) is 12.4 Å². The summed E-state index contributed by atoms with van der Waals surface area (Å²) in [6.07, 6.45) is 7.47. The smallest absolute Gasteiger partial charge is 0.341 e. The van der Waals surface area contributed by atoms with E-state index < -0.39 is 0 Å². The first kappa shape index (κ1) is 16.5. The van der Waals surface area contributed by atoms with Gasteiger partial charge in [-0.2, -0.15) is 5.10 Å². The lowest BCUT2D eigenvalue weighted by atomic mass is 10.2. The highest BCUT2D eigenvalue weighted by Crippen LogP contribution is 2.22. The number of ether oxygens (including phenoxy) is 1. The van der Waals surface area contributed by atoms with E-state index in [4.69, 9.17) is 4.74 Å². The van der Waals surface area contributed by atoms with Crippen LogP contribution in [0.25, 0.3) is 0 Å². The molecule has 0 saturated carbocycles. The number of rotatable bonds is 6. The molecular weight excluding hydrogens is 304 g/mol. The first-order chi connectivity index (χ1) is 11.6. The number of hydrogen-bond donors (Lipinski definition) is 0. The van der Waals surface area contributed by atoms with E-state index >= 15 is 0 Å². The van der Waals surface area contributed by atoms with Crippen LogP contribution in [0.1, 0.15) is 42.6 Å². The van der Waals surface area contributed by atoms with Gasteiger partial charge < -0.3 is 9.64 Å². The van der Waals surface area contributed by atoms with Crippen LogP contribution in [-0.4, -0.2) is 33.8 Å². The number of carbonyl (C=O) groups excluding carboxylic acids is 1. The van der Waals surface area contributed by atoms with Crippen molar-refractivity contribution < 1.29 is 9.53 Å². The van der Waals surface area contributed by atoms with Gasteiger partial charge in [0, 0.05) is 37.6 Å². The first-order valence-electron chi connectivity index (χ1n) is 8.52. The summed E-state index contributed by atoms with van der Waals surface area (Å²) in [4.78, 5) is 19.0. The van der Waals surface area contributed by atoms with E-state index in [-0.39, 0.29) is 12.6 Å². The molecule has 6 heteroatoms. The molecule has 0 unspecified atom stereocenters. The molecule has 1 aliphatic rings. The Balaban J connectivity index is 1.63. The molecule has 1 aliphatic heterocycles. The Morgan fingerprint density at radius 3 is 2.88 bits per heavy atom. The molecule has 3 rings (SSSR count). The van der Waals surface area contributed by atoms with Crippen LogP contribution >= 0.6 is 0 Å². The van der Waals surface area contributed by atoms with E-state index in [1.807, 2.05) is 12.1 Å². The van der Waals surface area contributed by atoms with Gasteiger partial charge in [0.05, 0.1) is 11.8 Å². The van der Waals surface area contributed by atoms with Crippen molar-refractivity contribution in [2.45, 2.75) is 39.8 Å². The lowest BCUT2D eigenvalue weighted by Gasteiger charge is -2.19. The molecule has 0 aromatic carbocycles. The van der Waals surface area contributed by atoms with Crippen LogP contribution in [0.3, 0.4) is 0 Å². The number of nitrogens with zero attached hydrogens (tertiary/aromatic N) is 4. The van der Waals surface area contributed by atoms with Crippen molar-refractivity contribution in [3.05, 3.63) is 41.9 Å². The van der Waals surface area contributed by atoms with Gasteiger partial charge in [-0.3, -0.25) is 4.68 Å². The standard InChI is InChI=1S/C18H24N4O2/c1-14(2)11-22-12-16(10-20-22)18(23)24-13-15-6-5-7-19-17(15)21-8-3-4-9-21/h5-7,10,12,14H,3-4,8-9,11,13H2,1-2H3. The zero-order valence-corrected chi connectivity index (χ0v) is 14.3. The van der Waals surface area contributed by atoms with Crippen molar-refractivity contribution in [2.24, 2.45) is 5.92 Å². The van der Waals surface area contributed by atoms with E-state index in [0.717, 1.165) is 31.0 Å². The first-order valence-corrected chi connectivity index (χ1v) is 8.52. The van der Waals surface area contributed by atoms with Crippen LogP contribution in [0.4, 0.5) is 5.82 Å². The highest BCUT2D eigenvalue weighted by atomic mass is 16.5. The largest absolute Gasteiger partial charge is 0.457 e. The van der Waals surface area contributed by atoms with Crippen molar-refractivity contribution in [1.29, 1.82) is 0 Å². The predicted molar refractivity (Wildman–Crippen MR) is 91.9 cm³/mol. The number of esters is 1. The molecule has 6 nitrogen and oxygen atoms in total. The van der Waals surface area contributed by atoms with Crippen molar-refractivity contribution in [2.75, 3.05) is 18.0 Å².